The van der Waals surface area contributed by atoms with E-state index in [2.05, 4.69) is 10.3 Å². The number of carbonyl (C=O) groups is 1. The van der Waals surface area contributed by atoms with Gasteiger partial charge in [0.2, 0.25) is 0 Å². The van der Waals surface area contributed by atoms with Gasteiger partial charge in [0.1, 0.15) is 5.82 Å². The molecule has 0 fully saturated rings. The van der Waals surface area contributed by atoms with Crippen molar-refractivity contribution in [3.05, 3.63) is 88.3 Å². The third-order valence-corrected chi connectivity index (χ3v) is 5.14. The summed E-state index contributed by atoms with van der Waals surface area (Å²) in [5.41, 5.74) is -0.499. The van der Waals surface area contributed by atoms with E-state index in [-0.39, 0.29) is 6.07 Å². The topological polar surface area (TPSA) is 42.0 Å². The number of nitrogens with one attached hydrogen (secondary N) is 1. The van der Waals surface area contributed by atoms with Crippen molar-refractivity contribution < 1.29 is 22.4 Å². The van der Waals surface area contributed by atoms with Crippen LogP contribution in [0.15, 0.2) is 65.8 Å². The summed E-state index contributed by atoms with van der Waals surface area (Å²) >= 11 is 7.02. The summed E-state index contributed by atoms with van der Waals surface area (Å²) in [5.74, 6) is -1.57. The van der Waals surface area contributed by atoms with Crippen LogP contribution in [0.4, 0.5) is 23.2 Å². The molecular weight excluding hydrogens is 428 g/mol. The monoisotopic (exact) mass is 440 g/mol. The van der Waals surface area contributed by atoms with Crippen LogP contribution in [0.5, 0.6) is 0 Å². The fourth-order valence-corrected chi connectivity index (χ4v) is 3.56. The number of nitrogens with zero attached hydrogens (tertiary/aromatic N) is 1. The lowest BCUT2D eigenvalue weighted by Crippen LogP contribution is -2.16. The van der Waals surface area contributed by atoms with Gasteiger partial charge in [-0.15, -0.1) is 11.8 Å². The summed E-state index contributed by atoms with van der Waals surface area (Å²) in [6, 6.07) is 13.7. The molecule has 0 saturated carbocycles. The molecule has 3 rings (SSSR count). The van der Waals surface area contributed by atoms with Crippen LogP contribution < -0.4 is 5.32 Å². The summed E-state index contributed by atoms with van der Waals surface area (Å²) in [6.45, 7) is 0. The van der Waals surface area contributed by atoms with Crippen LogP contribution in [0.1, 0.15) is 21.5 Å². The number of halogens is 5. The Morgan fingerprint density at radius 1 is 1.10 bits per heavy atom. The van der Waals surface area contributed by atoms with Crippen LogP contribution in [-0.2, 0) is 11.9 Å². The van der Waals surface area contributed by atoms with Crippen LogP contribution in [0, 0.1) is 5.82 Å². The maximum absolute atomic E-state index is 14.1. The molecule has 1 N–H and O–H groups in total. The number of pyridine rings is 1. The number of aromatic nitrogens is 1. The van der Waals surface area contributed by atoms with Crippen molar-refractivity contribution in [2.24, 2.45) is 0 Å². The maximum Gasteiger partial charge on any atom is 0.417 e. The summed E-state index contributed by atoms with van der Waals surface area (Å²) < 4.78 is 52.4. The van der Waals surface area contributed by atoms with Gasteiger partial charge in [-0.2, -0.15) is 13.2 Å². The van der Waals surface area contributed by atoms with E-state index < -0.39 is 34.1 Å². The second-order valence-corrected chi connectivity index (χ2v) is 7.32. The largest absolute Gasteiger partial charge is 0.417 e. The van der Waals surface area contributed by atoms with E-state index in [1.165, 1.54) is 24.0 Å². The van der Waals surface area contributed by atoms with Crippen molar-refractivity contribution in [1.82, 2.24) is 4.98 Å². The van der Waals surface area contributed by atoms with Gasteiger partial charge in [-0.1, -0.05) is 41.9 Å². The number of rotatable bonds is 5. The third kappa shape index (κ3) is 5.48. The number of carbonyl (C=O) groups excluding carboxylic acids is 1. The molecule has 2 aromatic carbocycles. The first-order valence-electron chi connectivity index (χ1n) is 8.24. The Labute approximate surface area is 173 Å². The van der Waals surface area contributed by atoms with Gasteiger partial charge in [-0.05, 0) is 29.8 Å². The molecule has 3 aromatic rings. The number of alkyl halides is 3. The van der Waals surface area contributed by atoms with Crippen molar-refractivity contribution in [1.29, 1.82) is 0 Å². The molecule has 3 nitrogen and oxygen atoms in total. The second kappa shape index (κ2) is 8.84. The van der Waals surface area contributed by atoms with Gasteiger partial charge in [0.25, 0.3) is 5.91 Å². The maximum atomic E-state index is 14.1. The highest BCUT2D eigenvalue weighted by molar-refractivity contribution is 7.98. The normalized spacial score (nSPS) is 11.3. The predicted octanol–water partition coefficient (Wildman–Crippen LogP) is 6.44. The van der Waals surface area contributed by atoms with Gasteiger partial charge in [0.15, 0.2) is 0 Å². The van der Waals surface area contributed by atoms with Crippen molar-refractivity contribution in [3.63, 3.8) is 0 Å². The SMILES string of the molecule is O=C(Nc1ccnc(SCc2ccccc2)c1)c1cc(Cl)c(C(F)(F)F)cc1F. The molecule has 0 aliphatic carbocycles. The van der Waals surface area contributed by atoms with E-state index in [1.54, 1.807) is 6.07 Å². The fraction of sp³-hybridized carbons (Fsp3) is 0.100. The molecule has 29 heavy (non-hydrogen) atoms. The number of amides is 1. The lowest BCUT2D eigenvalue weighted by atomic mass is 10.1. The average molecular weight is 441 g/mol. The smallest absolute Gasteiger partial charge is 0.322 e. The summed E-state index contributed by atoms with van der Waals surface area (Å²) in [7, 11) is 0. The van der Waals surface area contributed by atoms with Crippen molar-refractivity contribution >= 4 is 35.0 Å². The average Bonchev–Trinajstić information content (AvgIpc) is 2.68. The molecule has 0 radical (unpaired) electrons. The molecule has 150 valence electrons. The second-order valence-electron chi connectivity index (χ2n) is 5.92. The predicted molar refractivity (Wildman–Crippen MR) is 105 cm³/mol. The zero-order valence-corrected chi connectivity index (χ0v) is 16.2. The summed E-state index contributed by atoms with van der Waals surface area (Å²) in [5, 5.41) is 2.32. The van der Waals surface area contributed by atoms with Crippen LogP contribution >= 0.6 is 23.4 Å². The van der Waals surface area contributed by atoms with Gasteiger partial charge < -0.3 is 5.32 Å². The summed E-state index contributed by atoms with van der Waals surface area (Å²) in [4.78, 5) is 16.5. The van der Waals surface area contributed by atoms with Crippen LogP contribution in [0.25, 0.3) is 0 Å². The molecule has 0 spiro atoms. The highest BCUT2D eigenvalue weighted by atomic mass is 35.5. The quantitative estimate of drug-likeness (QED) is 0.367. The molecule has 9 heteroatoms. The molecule has 0 atom stereocenters. The highest BCUT2D eigenvalue weighted by Crippen LogP contribution is 2.36. The third-order valence-electron chi connectivity index (χ3n) is 3.83. The Hall–Kier alpha value is -2.58. The zero-order valence-electron chi connectivity index (χ0n) is 14.6. The first-order valence-corrected chi connectivity index (χ1v) is 9.61. The van der Waals surface area contributed by atoms with Gasteiger partial charge in [-0.3, -0.25) is 4.79 Å². The van der Waals surface area contributed by atoms with E-state index >= 15 is 0 Å². The highest BCUT2D eigenvalue weighted by Gasteiger charge is 2.34. The minimum absolute atomic E-state index is 0.213. The molecule has 0 unspecified atom stereocenters. The van der Waals surface area contributed by atoms with Gasteiger partial charge >= 0.3 is 6.18 Å². The van der Waals surface area contributed by atoms with Crippen LogP contribution in [0.2, 0.25) is 5.02 Å². The molecule has 0 aliphatic heterocycles. The number of thioether (sulfide) groups is 1. The number of hydrogen-bond acceptors (Lipinski definition) is 3. The zero-order chi connectivity index (χ0) is 21.0. The van der Waals surface area contributed by atoms with E-state index in [0.717, 1.165) is 5.56 Å². The van der Waals surface area contributed by atoms with E-state index in [1.807, 2.05) is 30.3 Å². The van der Waals surface area contributed by atoms with E-state index in [9.17, 15) is 22.4 Å². The molecule has 0 saturated heterocycles. The standard InChI is InChI=1S/C20H13ClF4N2OS/c21-16-9-14(17(22)10-15(16)20(23,24)25)19(28)27-13-6-7-26-18(8-13)29-11-12-4-2-1-3-5-12/h1-10H,11H2,(H,26,27,28). The number of benzene rings is 2. The first kappa shape index (κ1) is 21.1. The molecule has 0 aliphatic rings. The molecule has 1 heterocycles. The minimum Gasteiger partial charge on any atom is -0.322 e. The number of anilines is 1. The van der Waals surface area contributed by atoms with Crippen molar-refractivity contribution in [2.45, 2.75) is 17.0 Å². The minimum atomic E-state index is -4.82. The van der Waals surface area contributed by atoms with Crippen molar-refractivity contribution in [3.8, 4) is 0 Å². The summed E-state index contributed by atoms with van der Waals surface area (Å²) in [6.07, 6.45) is -3.35. The van der Waals surface area contributed by atoms with Crippen LogP contribution in [0.3, 0.4) is 0 Å². The van der Waals surface area contributed by atoms with Gasteiger partial charge in [0, 0.05) is 17.6 Å². The van der Waals surface area contributed by atoms with Crippen LogP contribution in [-0.4, -0.2) is 10.9 Å². The molecule has 1 aromatic heterocycles. The lowest BCUT2D eigenvalue weighted by Gasteiger charge is -2.12. The Kier molecular flexibility index (Phi) is 6.44. The fourth-order valence-electron chi connectivity index (χ4n) is 2.43. The van der Waals surface area contributed by atoms with Gasteiger partial charge in [0.05, 0.1) is 21.2 Å². The first-order chi connectivity index (χ1) is 13.7. The Bertz CT molecular complexity index is 1030. The van der Waals surface area contributed by atoms with E-state index in [0.29, 0.717) is 22.5 Å². The molecule has 0 bridgehead atoms. The lowest BCUT2D eigenvalue weighted by molar-refractivity contribution is -0.137. The Morgan fingerprint density at radius 2 is 1.83 bits per heavy atom. The Morgan fingerprint density at radius 3 is 2.52 bits per heavy atom. The van der Waals surface area contributed by atoms with E-state index in [4.69, 9.17) is 11.6 Å². The molecule has 1 amide bonds. The van der Waals surface area contributed by atoms with Gasteiger partial charge in [-0.25, -0.2) is 9.37 Å². The molecular formula is C20H13ClF4N2OS. The number of hydrogen-bond donors (Lipinski definition) is 1. The van der Waals surface area contributed by atoms with Crippen molar-refractivity contribution in [2.75, 3.05) is 5.32 Å². The Balaban J connectivity index is 1.73.